The van der Waals surface area contributed by atoms with Crippen LogP contribution in [-0.4, -0.2) is 7.11 Å². The van der Waals surface area contributed by atoms with Gasteiger partial charge in [0.25, 0.3) is 0 Å². The van der Waals surface area contributed by atoms with Crippen molar-refractivity contribution < 1.29 is 13.5 Å². The smallest absolute Gasteiger partial charge is 0.135 e. The van der Waals surface area contributed by atoms with Crippen molar-refractivity contribution in [2.75, 3.05) is 7.11 Å². The standard InChI is InChI=1S/C21H15ClF2O/c1-25-21(13-6-7-13)14-8-5-12-3-2-4-16(17(12)9-14)20-18(22)10-15(23)11-19(20)24/h2-5,8-11H,6-7H2,1H3. The molecule has 1 aliphatic rings. The first-order chi connectivity index (χ1) is 12.1. The van der Waals surface area contributed by atoms with E-state index in [1.54, 1.807) is 13.2 Å². The molecule has 1 fully saturated rings. The molecule has 0 heterocycles. The summed E-state index contributed by atoms with van der Waals surface area (Å²) in [6.45, 7) is 0. The summed E-state index contributed by atoms with van der Waals surface area (Å²) in [5.41, 5.74) is 3.08. The van der Waals surface area contributed by atoms with Crippen LogP contribution < -0.4 is 0 Å². The van der Waals surface area contributed by atoms with Crippen LogP contribution in [0.3, 0.4) is 0 Å². The zero-order valence-electron chi connectivity index (χ0n) is 13.6. The van der Waals surface area contributed by atoms with Gasteiger partial charge in [0.2, 0.25) is 0 Å². The molecule has 0 aliphatic heterocycles. The average molecular weight is 357 g/mol. The summed E-state index contributed by atoms with van der Waals surface area (Å²) >= 11 is 6.15. The van der Waals surface area contributed by atoms with Crippen LogP contribution in [0.5, 0.6) is 0 Å². The van der Waals surface area contributed by atoms with Crippen molar-refractivity contribution in [2.24, 2.45) is 0 Å². The van der Waals surface area contributed by atoms with Crippen molar-refractivity contribution in [2.45, 2.75) is 12.8 Å². The fourth-order valence-corrected chi connectivity index (χ4v) is 3.48. The number of hydrogen-bond acceptors (Lipinski definition) is 1. The fraction of sp³-hybridized carbons (Fsp3) is 0.143. The van der Waals surface area contributed by atoms with Gasteiger partial charge >= 0.3 is 0 Å². The number of ether oxygens (including phenoxy) is 1. The zero-order chi connectivity index (χ0) is 17.6. The Morgan fingerprint density at radius 2 is 1.84 bits per heavy atom. The summed E-state index contributed by atoms with van der Waals surface area (Å²) in [6.07, 6.45) is 2.09. The highest BCUT2D eigenvalue weighted by atomic mass is 35.5. The molecular formula is C21H15ClF2O. The quantitative estimate of drug-likeness (QED) is 0.481. The first kappa shape index (κ1) is 16.1. The van der Waals surface area contributed by atoms with Gasteiger partial charge in [-0.2, -0.15) is 0 Å². The van der Waals surface area contributed by atoms with Gasteiger partial charge in [0, 0.05) is 17.2 Å². The molecule has 0 bridgehead atoms. The summed E-state index contributed by atoms with van der Waals surface area (Å²) in [5.74, 6) is -0.481. The summed E-state index contributed by atoms with van der Waals surface area (Å²) in [5, 5.41) is 1.86. The molecule has 0 unspecified atom stereocenters. The minimum Gasteiger partial charge on any atom is -0.496 e. The van der Waals surface area contributed by atoms with E-state index in [0.717, 1.165) is 47.1 Å². The number of methoxy groups -OCH3 is 1. The normalized spacial score (nSPS) is 13.2. The van der Waals surface area contributed by atoms with E-state index in [1.165, 1.54) is 5.57 Å². The summed E-state index contributed by atoms with van der Waals surface area (Å²) in [7, 11) is 1.66. The molecule has 25 heavy (non-hydrogen) atoms. The van der Waals surface area contributed by atoms with E-state index in [1.807, 2.05) is 30.3 Å². The van der Waals surface area contributed by atoms with Crippen LogP contribution in [0.25, 0.3) is 27.7 Å². The van der Waals surface area contributed by atoms with Crippen LogP contribution in [-0.2, 0) is 4.74 Å². The van der Waals surface area contributed by atoms with Crippen molar-refractivity contribution in [3.63, 3.8) is 0 Å². The van der Waals surface area contributed by atoms with E-state index in [0.29, 0.717) is 5.56 Å². The second kappa shape index (κ2) is 6.16. The molecule has 0 atom stereocenters. The van der Waals surface area contributed by atoms with Crippen molar-refractivity contribution in [1.82, 2.24) is 0 Å². The molecule has 0 spiro atoms. The molecule has 4 rings (SSSR count). The fourth-order valence-electron chi connectivity index (χ4n) is 3.19. The monoisotopic (exact) mass is 356 g/mol. The van der Waals surface area contributed by atoms with Gasteiger partial charge in [-0.1, -0.05) is 41.9 Å². The van der Waals surface area contributed by atoms with Gasteiger partial charge in [0.15, 0.2) is 0 Å². The van der Waals surface area contributed by atoms with Crippen LogP contribution in [0.4, 0.5) is 8.78 Å². The highest BCUT2D eigenvalue weighted by Crippen LogP contribution is 2.40. The lowest BCUT2D eigenvalue weighted by Crippen LogP contribution is -1.92. The molecule has 1 saturated carbocycles. The predicted octanol–water partition coefficient (Wildman–Crippen LogP) is 6.59. The van der Waals surface area contributed by atoms with Crippen LogP contribution in [0.2, 0.25) is 5.02 Å². The topological polar surface area (TPSA) is 9.23 Å². The largest absolute Gasteiger partial charge is 0.496 e. The first-order valence-corrected chi connectivity index (χ1v) is 8.40. The molecule has 4 heteroatoms. The Balaban J connectivity index is 1.98. The van der Waals surface area contributed by atoms with Crippen LogP contribution >= 0.6 is 11.6 Å². The molecule has 0 saturated heterocycles. The van der Waals surface area contributed by atoms with E-state index in [9.17, 15) is 8.78 Å². The molecule has 0 amide bonds. The van der Waals surface area contributed by atoms with Gasteiger partial charge in [-0.15, -0.1) is 0 Å². The average Bonchev–Trinajstić information content (AvgIpc) is 3.40. The van der Waals surface area contributed by atoms with Crippen molar-refractivity contribution in [1.29, 1.82) is 0 Å². The van der Waals surface area contributed by atoms with Gasteiger partial charge < -0.3 is 4.74 Å². The van der Waals surface area contributed by atoms with E-state index >= 15 is 0 Å². The maximum Gasteiger partial charge on any atom is 0.135 e. The van der Waals surface area contributed by atoms with Gasteiger partial charge in [0.05, 0.1) is 12.1 Å². The summed E-state index contributed by atoms with van der Waals surface area (Å²) in [4.78, 5) is 0. The Morgan fingerprint density at radius 1 is 1.04 bits per heavy atom. The lowest BCUT2D eigenvalue weighted by molar-refractivity contribution is 0.368. The third kappa shape index (κ3) is 2.89. The molecule has 1 nitrogen and oxygen atoms in total. The number of hydrogen-bond donors (Lipinski definition) is 0. The van der Waals surface area contributed by atoms with Crippen LogP contribution in [0, 0.1) is 11.6 Å². The summed E-state index contributed by atoms with van der Waals surface area (Å²) < 4.78 is 33.4. The van der Waals surface area contributed by atoms with E-state index in [2.05, 4.69) is 0 Å². The van der Waals surface area contributed by atoms with Crippen molar-refractivity contribution >= 4 is 28.1 Å². The Bertz CT molecular complexity index is 995. The SMILES string of the molecule is COC(=C1CC1)c1ccc2cccc(-c3c(F)cc(F)cc3Cl)c2c1. The number of rotatable bonds is 3. The Morgan fingerprint density at radius 3 is 2.52 bits per heavy atom. The van der Waals surface area contributed by atoms with Crippen LogP contribution in [0.1, 0.15) is 18.4 Å². The minimum atomic E-state index is -0.688. The molecule has 1 aliphatic carbocycles. The maximum absolute atomic E-state index is 14.4. The minimum absolute atomic E-state index is 0.0583. The van der Waals surface area contributed by atoms with Gasteiger partial charge in [-0.3, -0.25) is 0 Å². The number of fused-ring (bicyclic) bond motifs is 1. The van der Waals surface area contributed by atoms with Crippen LogP contribution in [0.15, 0.2) is 54.1 Å². The lowest BCUT2D eigenvalue weighted by atomic mass is 9.95. The van der Waals surface area contributed by atoms with E-state index < -0.39 is 11.6 Å². The van der Waals surface area contributed by atoms with Gasteiger partial charge in [-0.05, 0) is 46.9 Å². The predicted molar refractivity (Wildman–Crippen MR) is 97.5 cm³/mol. The van der Waals surface area contributed by atoms with Crippen molar-refractivity contribution in [3.8, 4) is 11.1 Å². The highest BCUT2D eigenvalue weighted by molar-refractivity contribution is 6.33. The van der Waals surface area contributed by atoms with Crippen molar-refractivity contribution in [3.05, 3.63) is 76.3 Å². The van der Waals surface area contributed by atoms with E-state index in [-0.39, 0.29) is 10.6 Å². The second-order valence-corrected chi connectivity index (χ2v) is 6.53. The molecule has 3 aromatic rings. The zero-order valence-corrected chi connectivity index (χ0v) is 14.3. The number of halogens is 3. The summed E-state index contributed by atoms with van der Waals surface area (Å²) in [6, 6.07) is 13.5. The molecule has 3 aromatic carbocycles. The lowest BCUT2D eigenvalue weighted by Gasteiger charge is -2.13. The Hall–Kier alpha value is -2.39. The first-order valence-electron chi connectivity index (χ1n) is 8.02. The Labute approximate surface area is 149 Å². The third-order valence-corrected chi connectivity index (χ3v) is 4.74. The molecule has 0 aromatic heterocycles. The van der Waals surface area contributed by atoms with Gasteiger partial charge in [-0.25, -0.2) is 8.78 Å². The molecule has 126 valence electrons. The molecule has 0 radical (unpaired) electrons. The van der Waals surface area contributed by atoms with Gasteiger partial charge in [0.1, 0.15) is 17.4 Å². The molecular weight excluding hydrogens is 342 g/mol. The maximum atomic E-state index is 14.4. The highest BCUT2D eigenvalue weighted by Gasteiger charge is 2.21. The number of benzene rings is 3. The Kier molecular flexibility index (Phi) is 3.97. The second-order valence-electron chi connectivity index (χ2n) is 6.12. The van der Waals surface area contributed by atoms with E-state index in [4.69, 9.17) is 16.3 Å². The third-order valence-electron chi connectivity index (χ3n) is 4.45. The molecule has 0 N–H and O–H groups in total. The number of allylic oxidation sites excluding steroid dienone is 1.